The van der Waals surface area contributed by atoms with Crippen molar-refractivity contribution in [3.63, 3.8) is 0 Å². The Hall–Kier alpha value is -0.560. The molecule has 0 bridgehead atoms. The number of aromatic nitrogens is 1. The molecule has 2 unspecified atom stereocenters. The zero-order valence-corrected chi connectivity index (χ0v) is 15.6. The molecule has 1 amide bonds. The molecule has 1 aliphatic heterocycles. The number of aromatic amines is 1. The van der Waals surface area contributed by atoms with Crippen LogP contribution in [-0.4, -0.2) is 24.0 Å². The molecule has 3 N–H and O–H groups in total. The maximum absolute atomic E-state index is 12.0. The molecule has 5 nitrogen and oxygen atoms in total. The average molecular weight is 415 g/mol. The van der Waals surface area contributed by atoms with Gasteiger partial charge in [-0.2, -0.15) is 0 Å². The minimum atomic E-state index is -0.284. The van der Waals surface area contributed by atoms with Crippen molar-refractivity contribution in [2.45, 2.75) is 26.2 Å². The standard InChI is InChI=1S/C14H20BrN3O2.2ClH/c1-9(10-3-2-4-16-7-10)5-13(19)18-12-6-11(15)8-17-14(12)20;;/h6,8-10,16H,2-5,7H2,1H3,(H,17,20)(H,18,19);2*1H. The van der Waals surface area contributed by atoms with Crippen LogP contribution in [0.4, 0.5) is 5.69 Å². The first kappa shape index (κ1) is 21.4. The minimum Gasteiger partial charge on any atom is -0.326 e. The van der Waals surface area contributed by atoms with E-state index in [0.717, 1.165) is 17.6 Å². The smallest absolute Gasteiger partial charge is 0.271 e. The van der Waals surface area contributed by atoms with Crippen LogP contribution < -0.4 is 16.2 Å². The number of H-pyrrole nitrogens is 1. The van der Waals surface area contributed by atoms with Gasteiger partial charge in [0.15, 0.2) is 0 Å². The molecule has 1 fully saturated rings. The lowest BCUT2D eigenvalue weighted by Crippen LogP contribution is -2.34. The number of hydrogen-bond donors (Lipinski definition) is 3. The first-order valence-corrected chi connectivity index (χ1v) is 7.74. The van der Waals surface area contributed by atoms with Gasteiger partial charge in [-0.1, -0.05) is 6.92 Å². The molecule has 22 heavy (non-hydrogen) atoms. The van der Waals surface area contributed by atoms with E-state index in [-0.39, 0.29) is 36.3 Å². The predicted molar refractivity (Wildman–Crippen MR) is 97.3 cm³/mol. The Bertz CT molecular complexity index is 533. The predicted octanol–water partition coefficient (Wildman–Crippen LogP) is 2.95. The number of carbonyl (C=O) groups is 1. The normalized spacial score (nSPS) is 18.5. The zero-order valence-electron chi connectivity index (χ0n) is 12.4. The van der Waals surface area contributed by atoms with Gasteiger partial charge in [-0.25, -0.2) is 0 Å². The van der Waals surface area contributed by atoms with Gasteiger partial charge in [-0.3, -0.25) is 9.59 Å². The van der Waals surface area contributed by atoms with E-state index in [9.17, 15) is 9.59 Å². The van der Waals surface area contributed by atoms with Crippen LogP contribution in [-0.2, 0) is 4.79 Å². The van der Waals surface area contributed by atoms with E-state index in [4.69, 9.17) is 0 Å². The summed E-state index contributed by atoms with van der Waals surface area (Å²) in [6.45, 7) is 4.15. The second-order valence-corrected chi connectivity index (χ2v) is 6.31. The van der Waals surface area contributed by atoms with E-state index >= 15 is 0 Å². The van der Waals surface area contributed by atoms with Crippen LogP contribution in [0.25, 0.3) is 0 Å². The van der Waals surface area contributed by atoms with Gasteiger partial charge < -0.3 is 15.6 Å². The zero-order chi connectivity index (χ0) is 14.5. The van der Waals surface area contributed by atoms with Crippen molar-refractivity contribution in [3.8, 4) is 0 Å². The number of carbonyl (C=O) groups excluding carboxylic acids is 1. The van der Waals surface area contributed by atoms with E-state index < -0.39 is 0 Å². The summed E-state index contributed by atoms with van der Waals surface area (Å²) < 4.78 is 0.733. The Morgan fingerprint density at radius 1 is 1.50 bits per heavy atom. The molecular formula is C14H22BrCl2N3O2. The molecule has 1 saturated heterocycles. The molecule has 0 spiro atoms. The highest BCUT2D eigenvalue weighted by atomic mass is 79.9. The average Bonchev–Trinajstić information content (AvgIpc) is 2.43. The second kappa shape index (κ2) is 10.3. The maximum Gasteiger partial charge on any atom is 0.271 e. The molecule has 2 rings (SSSR count). The van der Waals surface area contributed by atoms with Crippen molar-refractivity contribution < 1.29 is 4.79 Å². The third-order valence-electron chi connectivity index (χ3n) is 3.79. The Labute approximate surface area is 151 Å². The summed E-state index contributed by atoms with van der Waals surface area (Å²) in [6.07, 6.45) is 4.33. The van der Waals surface area contributed by atoms with Crippen molar-refractivity contribution in [2.75, 3.05) is 18.4 Å². The van der Waals surface area contributed by atoms with Crippen molar-refractivity contribution in [2.24, 2.45) is 11.8 Å². The second-order valence-electron chi connectivity index (χ2n) is 5.40. The SMILES string of the molecule is CC(CC(=O)Nc1cc(Br)c[nH]c1=O)C1CCCNC1.Cl.Cl. The molecule has 126 valence electrons. The number of amides is 1. The van der Waals surface area contributed by atoms with Crippen LogP contribution in [0.5, 0.6) is 0 Å². The van der Waals surface area contributed by atoms with E-state index in [2.05, 4.69) is 38.5 Å². The van der Waals surface area contributed by atoms with Crippen molar-refractivity contribution in [1.29, 1.82) is 0 Å². The summed E-state index contributed by atoms with van der Waals surface area (Å²) in [7, 11) is 0. The first-order valence-electron chi connectivity index (χ1n) is 6.95. The van der Waals surface area contributed by atoms with E-state index in [1.54, 1.807) is 12.3 Å². The van der Waals surface area contributed by atoms with Gasteiger partial charge in [0.2, 0.25) is 5.91 Å². The van der Waals surface area contributed by atoms with Gasteiger partial charge in [0, 0.05) is 17.1 Å². The van der Waals surface area contributed by atoms with Crippen LogP contribution >= 0.6 is 40.7 Å². The van der Waals surface area contributed by atoms with E-state index in [1.165, 1.54) is 12.8 Å². The number of rotatable bonds is 4. The van der Waals surface area contributed by atoms with E-state index in [1.807, 2.05) is 0 Å². The Morgan fingerprint density at radius 2 is 2.23 bits per heavy atom. The number of nitrogens with one attached hydrogen (secondary N) is 3. The van der Waals surface area contributed by atoms with Crippen molar-refractivity contribution in [3.05, 3.63) is 27.1 Å². The van der Waals surface area contributed by atoms with Crippen LogP contribution in [0.15, 0.2) is 21.5 Å². The van der Waals surface area contributed by atoms with Gasteiger partial charge in [0.25, 0.3) is 5.56 Å². The highest BCUT2D eigenvalue weighted by molar-refractivity contribution is 9.10. The molecule has 0 aliphatic carbocycles. The van der Waals surface area contributed by atoms with E-state index in [0.29, 0.717) is 23.9 Å². The fourth-order valence-electron chi connectivity index (χ4n) is 2.58. The topological polar surface area (TPSA) is 74.0 Å². The van der Waals surface area contributed by atoms with Gasteiger partial charge >= 0.3 is 0 Å². The Kier molecular flexibility index (Phi) is 10.00. The Morgan fingerprint density at radius 3 is 2.86 bits per heavy atom. The summed E-state index contributed by atoms with van der Waals surface area (Å²) in [5.41, 5.74) is 0.00637. The maximum atomic E-state index is 12.0. The molecule has 1 aliphatic rings. The number of halogens is 3. The van der Waals surface area contributed by atoms with Crippen LogP contribution in [0.1, 0.15) is 26.2 Å². The van der Waals surface area contributed by atoms with Gasteiger partial charge in [-0.05, 0) is 59.8 Å². The molecule has 0 aromatic carbocycles. The lowest BCUT2D eigenvalue weighted by molar-refractivity contribution is -0.117. The molecule has 1 aromatic rings. The number of hydrogen-bond acceptors (Lipinski definition) is 3. The molecule has 8 heteroatoms. The third kappa shape index (κ3) is 6.28. The summed E-state index contributed by atoms with van der Waals surface area (Å²) in [6, 6.07) is 1.61. The Balaban J connectivity index is 0.00000220. The molecule has 1 aromatic heterocycles. The van der Waals surface area contributed by atoms with Gasteiger partial charge in [0.05, 0.1) is 0 Å². The molecule has 2 heterocycles. The molecule has 2 atom stereocenters. The number of pyridine rings is 1. The first-order chi connectivity index (χ1) is 9.56. The van der Waals surface area contributed by atoms with Crippen molar-refractivity contribution in [1.82, 2.24) is 10.3 Å². The molecule has 0 saturated carbocycles. The summed E-state index contributed by atoms with van der Waals surface area (Å²) in [5, 5.41) is 6.05. The quantitative estimate of drug-likeness (QED) is 0.708. The lowest BCUT2D eigenvalue weighted by Gasteiger charge is -2.27. The number of anilines is 1. The monoisotopic (exact) mass is 413 g/mol. The summed E-state index contributed by atoms with van der Waals surface area (Å²) in [4.78, 5) is 26.2. The molecular weight excluding hydrogens is 393 g/mol. The lowest BCUT2D eigenvalue weighted by atomic mass is 9.85. The van der Waals surface area contributed by atoms with Crippen LogP contribution in [0, 0.1) is 11.8 Å². The van der Waals surface area contributed by atoms with Gasteiger partial charge in [-0.15, -0.1) is 24.8 Å². The third-order valence-corrected chi connectivity index (χ3v) is 4.25. The fraction of sp³-hybridized carbons (Fsp3) is 0.571. The summed E-state index contributed by atoms with van der Waals surface area (Å²) >= 11 is 3.27. The highest BCUT2D eigenvalue weighted by Gasteiger charge is 2.22. The summed E-state index contributed by atoms with van der Waals surface area (Å²) in [5.74, 6) is 0.746. The van der Waals surface area contributed by atoms with Crippen molar-refractivity contribution >= 4 is 52.3 Å². The minimum absolute atomic E-state index is 0. The largest absolute Gasteiger partial charge is 0.326 e. The molecule has 0 radical (unpaired) electrons. The van der Waals surface area contributed by atoms with Crippen LogP contribution in [0.2, 0.25) is 0 Å². The highest BCUT2D eigenvalue weighted by Crippen LogP contribution is 2.22. The number of piperidine rings is 1. The van der Waals surface area contributed by atoms with Crippen LogP contribution in [0.3, 0.4) is 0 Å². The fourth-order valence-corrected chi connectivity index (χ4v) is 2.92. The van der Waals surface area contributed by atoms with Gasteiger partial charge in [0.1, 0.15) is 5.69 Å².